The number of unbranched alkanes of at least 4 members (excludes halogenated alkanes) is 1. The maximum atomic E-state index is 11.8. The molecule has 0 atom stereocenters. The zero-order valence-electron chi connectivity index (χ0n) is 11.8. The summed E-state index contributed by atoms with van der Waals surface area (Å²) in [6, 6.07) is 2.19. The van der Waals surface area contributed by atoms with Crippen molar-refractivity contribution in [3.63, 3.8) is 0 Å². The van der Waals surface area contributed by atoms with Gasteiger partial charge < -0.3 is 10.2 Å². The summed E-state index contributed by atoms with van der Waals surface area (Å²) in [6.45, 7) is 6.06. The number of carbonyl (C=O) groups excluding carboxylic acids is 1. The second-order valence-electron chi connectivity index (χ2n) is 4.89. The topological polar surface area (TPSA) is 45.2 Å². The molecule has 1 rings (SSSR count). The Balaban J connectivity index is 2.23. The van der Waals surface area contributed by atoms with Crippen LogP contribution in [0.1, 0.15) is 37.0 Å². The number of hydrogen-bond donors (Lipinski definition) is 1. The predicted octanol–water partition coefficient (Wildman–Crippen LogP) is 2.59. The second-order valence-corrected chi connectivity index (χ2v) is 5.30. The minimum atomic E-state index is -0.135. The van der Waals surface area contributed by atoms with Gasteiger partial charge in [-0.3, -0.25) is 9.78 Å². The van der Waals surface area contributed by atoms with Gasteiger partial charge >= 0.3 is 0 Å². The van der Waals surface area contributed by atoms with Crippen LogP contribution < -0.4 is 5.32 Å². The first-order valence-corrected chi connectivity index (χ1v) is 6.98. The quantitative estimate of drug-likeness (QED) is 0.783. The van der Waals surface area contributed by atoms with E-state index in [0.29, 0.717) is 23.2 Å². The predicted molar refractivity (Wildman–Crippen MR) is 78.6 cm³/mol. The van der Waals surface area contributed by atoms with Gasteiger partial charge in [0.1, 0.15) is 0 Å². The number of halogens is 1. The molecule has 19 heavy (non-hydrogen) atoms. The second kappa shape index (κ2) is 8.12. The summed E-state index contributed by atoms with van der Waals surface area (Å²) in [4.78, 5) is 18.0. The highest BCUT2D eigenvalue weighted by Crippen LogP contribution is 2.12. The first-order valence-electron chi connectivity index (χ1n) is 6.60. The van der Waals surface area contributed by atoms with Crippen LogP contribution >= 0.6 is 11.6 Å². The van der Waals surface area contributed by atoms with Crippen molar-refractivity contribution in [2.24, 2.45) is 0 Å². The van der Waals surface area contributed by atoms with E-state index in [1.54, 1.807) is 12.3 Å². The molecule has 1 aromatic rings. The number of rotatable bonds is 7. The Morgan fingerprint density at radius 3 is 2.84 bits per heavy atom. The van der Waals surface area contributed by atoms with E-state index in [1.165, 1.54) is 6.20 Å². The first kappa shape index (κ1) is 15.9. The van der Waals surface area contributed by atoms with Crippen molar-refractivity contribution in [3.8, 4) is 0 Å². The van der Waals surface area contributed by atoms with E-state index >= 15 is 0 Å². The molecule has 0 aliphatic heterocycles. The average molecular weight is 284 g/mol. The molecule has 0 aliphatic rings. The van der Waals surface area contributed by atoms with Gasteiger partial charge in [-0.1, -0.05) is 11.6 Å². The van der Waals surface area contributed by atoms with Crippen molar-refractivity contribution < 1.29 is 4.79 Å². The number of aromatic nitrogens is 1. The van der Waals surface area contributed by atoms with Crippen LogP contribution in [-0.4, -0.2) is 42.0 Å². The summed E-state index contributed by atoms with van der Waals surface area (Å²) >= 11 is 5.91. The summed E-state index contributed by atoms with van der Waals surface area (Å²) in [5, 5.41) is 3.26. The third kappa shape index (κ3) is 5.57. The van der Waals surface area contributed by atoms with Crippen molar-refractivity contribution in [2.45, 2.75) is 32.7 Å². The van der Waals surface area contributed by atoms with Gasteiger partial charge in [-0.15, -0.1) is 0 Å². The number of carbonyl (C=O) groups is 1. The Kier molecular flexibility index (Phi) is 6.81. The van der Waals surface area contributed by atoms with Crippen LogP contribution in [-0.2, 0) is 0 Å². The van der Waals surface area contributed by atoms with Crippen LogP contribution in [0.3, 0.4) is 0 Å². The van der Waals surface area contributed by atoms with E-state index in [1.807, 2.05) is 0 Å². The molecular weight excluding hydrogens is 262 g/mol. The number of amides is 1. The van der Waals surface area contributed by atoms with Crippen LogP contribution in [0.2, 0.25) is 5.02 Å². The van der Waals surface area contributed by atoms with Gasteiger partial charge in [0.2, 0.25) is 0 Å². The summed E-state index contributed by atoms with van der Waals surface area (Å²) in [7, 11) is 2.11. The highest BCUT2D eigenvalue weighted by Gasteiger charge is 2.09. The van der Waals surface area contributed by atoms with E-state index < -0.39 is 0 Å². The standard InChI is InChI=1S/C14H22ClN3O/c1-11(2)18(3)9-5-4-7-17-14(19)12-6-8-16-10-13(12)15/h6,8,10-11H,4-5,7,9H2,1-3H3,(H,17,19). The van der Waals surface area contributed by atoms with E-state index in [4.69, 9.17) is 11.6 Å². The molecule has 1 amide bonds. The number of nitrogens with zero attached hydrogens (tertiary/aromatic N) is 2. The van der Waals surface area contributed by atoms with E-state index in [0.717, 1.165) is 19.4 Å². The Labute approximate surface area is 120 Å². The molecule has 1 heterocycles. The molecule has 0 aliphatic carbocycles. The minimum Gasteiger partial charge on any atom is -0.352 e. The number of nitrogens with one attached hydrogen (secondary N) is 1. The summed E-state index contributed by atoms with van der Waals surface area (Å²) in [5.74, 6) is -0.135. The average Bonchev–Trinajstić information content (AvgIpc) is 2.38. The molecule has 0 bridgehead atoms. The first-order chi connectivity index (χ1) is 9.02. The molecule has 5 heteroatoms. The SMILES string of the molecule is CC(C)N(C)CCCCNC(=O)c1ccncc1Cl. The Bertz CT molecular complexity index is 409. The Morgan fingerprint density at radius 1 is 1.47 bits per heavy atom. The van der Waals surface area contributed by atoms with Crippen LogP contribution in [0.25, 0.3) is 0 Å². The molecular formula is C14H22ClN3O. The molecule has 0 radical (unpaired) electrons. The monoisotopic (exact) mass is 283 g/mol. The maximum Gasteiger partial charge on any atom is 0.252 e. The highest BCUT2D eigenvalue weighted by molar-refractivity contribution is 6.33. The third-order valence-electron chi connectivity index (χ3n) is 3.12. The lowest BCUT2D eigenvalue weighted by atomic mass is 10.2. The van der Waals surface area contributed by atoms with E-state index in [9.17, 15) is 4.79 Å². The highest BCUT2D eigenvalue weighted by atomic mass is 35.5. The lowest BCUT2D eigenvalue weighted by molar-refractivity contribution is 0.0952. The molecule has 4 nitrogen and oxygen atoms in total. The van der Waals surface area contributed by atoms with Crippen molar-refractivity contribution in [1.82, 2.24) is 15.2 Å². The molecule has 0 saturated heterocycles. The number of pyridine rings is 1. The van der Waals surface area contributed by atoms with Crippen molar-refractivity contribution >= 4 is 17.5 Å². The molecule has 0 spiro atoms. The van der Waals surface area contributed by atoms with Gasteiger partial charge in [-0.05, 0) is 46.3 Å². The van der Waals surface area contributed by atoms with Crippen molar-refractivity contribution in [1.29, 1.82) is 0 Å². The lowest BCUT2D eigenvalue weighted by Crippen LogP contribution is -2.29. The Hall–Kier alpha value is -1.13. The van der Waals surface area contributed by atoms with Gasteiger partial charge in [0.15, 0.2) is 0 Å². The lowest BCUT2D eigenvalue weighted by Gasteiger charge is -2.20. The minimum absolute atomic E-state index is 0.135. The maximum absolute atomic E-state index is 11.8. The zero-order chi connectivity index (χ0) is 14.3. The van der Waals surface area contributed by atoms with Crippen LogP contribution in [0.5, 0.6) is 0 Å². The number of hydrogen-bond acceptors (Lipinski definition) is 3. The van der Waals surface area contributed by atoms with Crippen LogP contribution in [0.4, 0.5) is 0 Å². The van der Waals surface area contributed by atoms with Crippen molar-refractivity contribution in [2.75, 3.05) is 20.1 Å². The smallest absolute Gasteiger partial charge is 0.252 e. The molecule has 106 valence electrons. The van der Waals surface area contributed by atoms with E-state index in [2.05, 4.69) is 36.1 Å². The van der Waals surface area contributed by atoms with E-state index in [-0.39, 0.29) is 5.91 Å². The molecule has 0 fully saturated rings. The largest absolute Gasteiger partial charge is 0.352 e. The fourth-order valence-electron chi connectivity index (χ4n) is 1.60. The fourth-order valence-corrected chi connectivity index (χ4v) is 1.81. The normalized spacial score (nSPS) is 11.1. The van der Waals surface area contributed by atoms with Gasteiger partial charge in [0.05, 0.1) is 10.6 Å². The Morgan fingerprint density at radius 2 is 2.21 bits per heavy atom. The fraction of sp³-hybridized carbons (Fsp3) is 0.571. The molecule has 0 saturated carbocycles. The van der Waals surface area contributed by atoms with Gasteiger partial charge in [-0.2, -0.15) is 0 Å². The summed E-state index contributed by atoms with van der Waals surface area (Å²) in [6.07, 6.45) is 5.08. The molecule has 1 N–H and O–H groups in total. The van der Waals surface area contributed by atoms with Gasteiger partial charge in [-0.25, -0.2) is 0 Å². The zero-order valence-corrected chi connectivity index (χ0v) is 12.6. The summed E-state index contributed by atoms with van der Waals surface area (Å²) in [5.41, 5.74) is 0.482. The van der Waals surface area contributed by atoms with Crippen LogP contribution in [0.15, 0.2) is 18.5 Å². The molecule has 0 unspecified atom stereocenters. The molecule has 0 aromatic carbocycles. The van der Waals surface area contributed by atoms with Crippen LogP contribution in [0, 0.1) is 0 Å². The summed E-state index contributed by atoms with van der Waals surface area (Å²) < 4.78 is 0. The van der Waals surface area contributed by atoms with Crippen molar-refractivity contribution in [3.05, 3.63) is 29.0 Å². The third-order valence-corrected chi connectivity index (χ3v) is 3.42. The molecule has 1 aromatic heterocycles. The van der Waals surface area contributed by atoms with Gasteiger partial charge in [0, 0.05) is 25.0 Å². The van der Waals surface area contributed by atoms with Gasteiger partial charge in [0.25, 0.3) is 5.91 Å².